The fraction of sp³-hybridized carbons (Fsp3) is 0.333. The molecule has 2 aromatic heterocycles. The van der Waals surface area contributed by atoms with Crippen LogP contribution in [0.3, 0.4) is 0 Å². The summed E-state index contributed by atoms with van der Waals surface area (Å²) in [4.78, 5) is 7.94. The Morgan fingerprint density at radius 1 is 1.14 bits per heavy atom. The molecule has 0 atom stereocenters. The Bertz CT molecular complexity index is 1220. The van der Waals surface area contributed by atoms with E-state index in [1.165, 1.54) is 0 Å². The lowest BCUT2D eigenvalue weighted by atomic mass is 10.0. The summed E-state index contributed by atoms with van der Waals surface area (Å²) in [6, 6.07) is 4.03. The topological polar surface area (TPSA) is 56.3 Å². The second kappa shape index (κ2) is 6.91. The number of sulfone groups is 1. The van der Waals surface area contributed by atoms with E-state index in [0.29, 0.717) is 23.6 Å². The van der Waals surface area contributed by atoms with Gasteiger partial charge in [0.05, 0.1) is 23.1 Å². The molecular weight excluding hydrogens is 394 g/mol. The van der Waals surface area contributed by atoms with Crippen LogP contribution in [0, 0.1) is 20.4 Å². The molecule has 144 valence electrons. The number of benzene rings is 1. The lowest BCUT2D eigenvalue weighted by molar-refractivity contribution is 0.461. The van der Waals surface area contributed by atoms with Crippen LogP contribution in [0.25, 0.3) is 26.9 Å². The van der Waals surface area contributed by atoms with Crippen LogP contribution in [0.2, 0.25) is 5.02 Å². The summed E-state index contributed by atoms with van der Waals surface area (Å²) < 4.78 is 25.9. The lowest BCUT2D eigenvalue weighted by Gasteiger charge is -2.24. The lowest BCUT2D eigenvalue weighted by Crippen LogP contribution is -2.25. The SMILES string of the molecule is [C-]#[N+]c1cc2c(-c3cncc(C)c3Cl)cn(C3CCS(=O)(=O)CC3)c2cc1C. The van der Waals surface area contributed by atoms with E-state index in [9.17, 15) is 8.42 Å². The van der Waals surface area contributed by atoms with Gasteiger partial charge in [0.25, 0.3) is 0 Å². The molecule has 1 saturated heterocycles. The summed E-state index contributed by atoms with van der Waals surface area (Å²) in [5, 5.41) is 1.59. The maximum Gasteiger partial charge on any atom is 0.190 e. The van der Waals surface area contributed by atoms with Crippen LogP contribution < -0.4 is 0 Å². The number of hydrogen-bond acceptors (Lipinski definition) is 3. The molecule has 4 rings (SSSR count). The minimum Gasteiger partial charge on any atom is -0.344 e. The van der Waals surface area contributed by atoms with Gasteiger partial charge in [0.2, 0.25) is 0 Å². The van der Waals surface area contributed by atoms with Gasteiger partial charge in [-0.2, -0.15) is 0 Å². The summed E-state index contributed by atoms with van der Waals surface area (Å²) in [6.07, 6.45) is 6.70. The highest BCUT2D eigenvalue weighted by Gasteiger charge is 2.27. The van der Waals surface area contributed by atoms with E-state index in [1.807, 2.05) is 32.2 Å². The van der Waals surface area contributed by atoms with Crippen molar-refractivity contribution in [1.29, 1.82) is 0 Å². The fourth-order valence-corrected chi connectivity index (χ4v) is 5.58. The van der Waals surface area contributed by atoms with E-state index < -0.39 is 9.84 Å². The van der Waals surface area contributed by atoms with Crippen LogP contribution in [0.15, 0.2) is 30.7 Å². The molecule has 0 unspecified atom stereocenters. The molecule has 3 aromatic rings. The van der Waals surface area contributed by atoms with Crippen molar-refractivity contribution in [3.05, 3.63) is 58.3 Å². The monoisotopic (exact) mass is 413 g/mol. The van der Waals surface area contributed by atoms with Crippen LogP contribution in [0.1, 0.15) is 30.0 Å². The van der Waals surface area contributed by atoms with E-state index in [0.717, 1.165) is 33.2 Å². The Morgan fingerprint density at radius 3 is 2.54 bits per heavy atom. The largest absolute Gasteiger partial charge is 0.344 e. The average Bonchev–Trinajstić information content (AvgIpc) is 3.01. The number of pyridine rings is 1. The third-order valence-corrected chi connectivity index (χ3v) is 7.75. The molecule has 1 aromatic carbocycles. The van der Waals surface area contributed by atoms with Crippen molar-refractivity contribution in [2.24, 2.45) is 0 Å². The maximum atomic E-state index is 11.9. The molecule has 0 N–H and O–H groups in total. The Balaban J connectivity index is 1.95. The smallest absolute Gasteiger partial charge is 0.190 e. The maximum absolute atomic E-state index is 11.9. The zero-order chi connectivity index (χ0) is 20.1. The molecule has 7 heteroatoms. The Labute approximate surface area is 169 Å². The molecule has 28 heavy (non-hydrogen) atoms. The molecule has 1 fully saturated rings. The van der Waals surface area contributed by atoms with Crippen molar-refractivity contribution in [2.75, 3.05) is 11.5 Å². The molecule has 1 aliphatic heterocycles. The molecule has 0 spiro atoms. The third-order valence-electron chi connectivity index (χ3n) is 5.53. The van der Waals surface area contributed by atoms with Gasteiger partial charge >= 0.3 is 0 Å². The van der Waals surface area contributed by atoms with Gasteiger partial charge in [0, 0.05) is 41.3 Å². The molecule has 0 aliphatic carbocycles. The van der Waals surface area contributed by atoms with E-state index in [-0.39, 0.29) is 17.5 Å². The van der Waals surface area contributed by atoms with Crippen molar-refractivity contribution in [3.63, 3.8) is 0 Å². The van der Waals surface area contributed by atoms with Crippen LogP contribution in [0.4, 0.5) is 5.69 Å². The average molecular weight is 414 g/mol. The standard InChI is InChI=1S/C21H20ClN3O2S/c1-13-8-20-16(9-19(13)23-3)18(17-11-24-10-14(2)21(17)22)12-25(20)15-4-6-28(26,27)7-5-15/h8-12,15H,4-7H2,1-2H3. The number of aryl methyl sites for hydroxylation is 2. The van der Waals surface area contributed by atoms with Gasteiger partial charge < -0.3 is 4.57 Å². The third kappa shape index (κ3) is 3.19. The zero-order valence-corrected chi connectivity index (χ0v) is 17.3. The van der Waals surface area contributed by atoms with Gasteiger partial charge in [-0.25, -0.2) is 13.3 Å². The summed E-state index contributed by atoms with van der Waals surface area (Å²) in [7, 11) is -2.94. The van der Waals surface area contributed by atoms with Gasteiger partial charge in [-0.05, 0) is 55.3 Å². The van der Waals surface area contributed by atoms with Crippen molar-refractivity contribution in [2.45, 2.75) is 32.7 Å². The normalized spacial score (nSPS) is 16.9. The molecular formula is C21H20ClN3O2S. The van der Waals surface area contributed by atoms with Gasteiger partial charge in [0.1, 0.15) is 9.84 Å². The Kier molecular flexibility index (Phi) is 4.68. The molecule has 5 nitrogen and oxygen atoms in total. The number of rotatable bonds is 2. The van der Waals surface area contributed by atoms with Crippen LogP contribution >= 0.6 is 11.6 Å². The molecule has 3 heterocycles. The van der Waals surface area contributed by atoms with Gasteiger partial charge in [-0.15, -0.1) is 0 Å². The van der Waals surface area contributed by atoms with Crippen LogP contribution in [-0.4, -0.2) is 29.5 Å². The molecule has 0 radical (unpaired) electrons. The van der Waals surface area contributed by atoms with E-state index >= 15 is 0 Å². The predicted octanol–water partition coefficient (Wildman–Crippen LogP) is 5.27. The zero-order valence-electron chi connectivity index (χ0n) is 15.7. The van der Waals surface area contributed by atoms with E-state index in [2.05, 4.69) is 14.4 Å². The highest BCUT2D eigenvalue weighted by Crippen LogP contribution is 2.41. The van der Waals surface area contributed by atoms with Crippen molar-refractivity contribution in [3.8, 4) is 11.1 Å². The molecule has 0 saturated carbocycles. The summed E-state index contributed by atoms with van der Waals surface area (Å²) in [6.45, 7) is 11.3. The van der Waals surface area contributed by atoms with Gasteiger partial charge in [-0.1, -0.05) is 11.6 Å². The summed E-state index contributed by atoms with van der Waals surface area (Å²) >= 11 is 6.58. The first-order valence-corrected chi connectivity index (χ1v) is 11.3. The highest BCUT2D eigenvalue weighted by molar-refractivity contribution is 7.91. The molecule has 0 bridgehead atoms. The first-order chi connectivity index (χ1) is 13.3. The number of fused-ring (bicyclic) bond motifs is 1. The van der Waals surface area contributed by atoms with Crippen LogP contribution in [0.5, 0.6) is 0 Å². The first-order valence-electron chi connectivity index (χ1n) is 9.14. The van der Waals surface area contributed by atoms with Gasteiger partial charge in [0.15, 0.2) is 5.69 Å². The number of halogens is 1. The minimum absolute atomic E-state index is 0.106. The first kappa shape index (κ1) is 19.0. The summed E-state index contributed by atoms with van der Waals surface area (Å²) in [5.41, 5.74) is 5.16. The molecule has 1 aliphatic rings. The number of nitrogens with zero attached hydrogens (tertiary/aromatic N) is 3. The van der Waals surface area contributed by atoms with E-state index in [4.69, 9.17) is 18.2 Å². The second-order valence-corrected chi connectivity index (χ2v) is 10.1. The fourth-order valence-electron chi connectivity index (χ4n) is 3.92. The predicted molar refractivity (Wildman–Crippen MR) is 113 cm³/mol. The molecule has 0 amide bonds. The van der Waals surface area contributed by atoms with Crippen molar-refractivity contribution in [1.82, 2.24) is 9.55 Å². The van der Waals surface area contributed by atoms with Crippen LogP contribution in [-0.2, 0) is 9.84 Å². The quantitative estimate of drug-likeness (QED) is 0.537. The van der Waals surface area contributed by atoms with Gasteiger partial charge in [-0.3, -0.25) is 4.98 Å². The second-order valence-electron chi connectivity index (χ2n) is 7.42. The van der Waals surface area contributed by atoms with Crippen molar-refractivity contribution >= 4 is 38.0 Å². The minimum atomic E-state index is -2.94. The van der Waals surface area contributed by atoms with Crippen molar-refractivity contribution < 1.29 is 8.42 Å². The summed E-state index contributed by atoms with van der Waals surface area (Å²) in [5.74, 6) is 0.414. The number of hydrogen-bond donors (Lipinski definition) is 0. The number of aromatic nitrogens is 2. The van der Waals surface area contributed by atoms with E-state index in [1.54, 1.807) is 12.4 Å². The Hall–Kier alpha value is -2.36. The Morgan fingerprint density at radius 2 is 1.86 bits per heavy atom. The highest BCUT2D eigenvalue weighted by atomic mass is 35.5.